The van der Waals surface area contributed by atoms with Crippen LogP contribution in [0.25, 0.3) is 6.08 Å². The Kier molecular flexibility index (Phi) is 5.92. The number of ether oxygens (including phenoxy) is 6. The molecule has 1 heterocycles. The Bertz CT molecular complexity index is 977. The summed E-state index contributed by atoms with van der Waals surface area (Å²) >= 11 is 0. The van der Waals surface area contributed by atoms with Crippen LogP contribution in [-0.4, -0.2) is 46.8 Å². The van der Waals surface area contributed by atoms with Crippen LogP contribution in [0.5, 0.6) is 28.7 Å². The molecule has 8 nitrogen and oxygen atoms in total. The van der Waals surface area contributed by atoms with Gasteiger partial charge in [-0.1, -0.05) is 0 Å². The fourth-order valence-corrected chi connectivity index (χ4v) is 2.84. The van der Waals surface area contributed by atoms with E-state index in [1.165, 1.54) is 28.4 Å². The van der Waals surface area contributed by atoms with Crippen LogP contribution in [0.2, 0.25) is 0 Å². The number of esters is 1. The minimum absolute atomic E-state index is 0.121. The van der Waals surface area contributed by atoms with E-state index in [4.69, 9.17) is 23.7 Å². The summed E-state index contributed by atoms with van der Waals surface area (Å²) in [5.74, 6) is 1.37. The zero-order valence-electron chi connectivity index (χ0n) is 16.4. The highest BCUT2D eigenvalue weighted by atomic mass is 16.6. The predicted molar refractivity (Wildman–Crippen MR) is 103 cm³/mol. The number of allylic oxidation sites excluding steroid dienone is 1. The summed E-state index contributed by atoms with van der Waals surface area (Å²) in [6.07, 6.45) is 1.57. The quantitative estimate of drug-likeness (QED) is 0.518. The fourth-order valence-electron chi connectivity index (χ4n) is 2.84. The molecule has 0 atom stereocenters. The van der Waals surface area contributed by atoms with Crippen LogP contribution in [0, 0.1) is 0 Å². The summed E-state index contributed by atoms with van der Waals surface area (Å²) in [5.41, 5.74) is 0.976. The number of hydrogen-bond donors (Lipinski definition) is 0. The van der Waals surface area contributed by atoms with Gasteiger partial charge in [-0.25, -0.2) is 4.79 Å². The fraction of sp³-hybridized carbons (Fsp3) is 0.238. The normalized spacial score (nSPS) is 13.5. The van der Waals surface area contributed by atoms with Crippen molar-refractivity contribution in [1.82, 2.24) is 0 Å². The minimum atomic E-state index is -0.511. The lowest BCUT2D eigenvalue weighted by molar-refractivity contribution is -0.142. The zero-order valence-corrected chi connectivity index (χ0v) is 16.4. The Labute approximate surface area is 167 Å². The SMILES string of the molecule is COC(=O)COc1ccc2c(c1)O/C(=C\c1ccc(OC)c(OC)c1OC)C2=O. The maximum absolute atomic E-state index is 12.7. The van der Waals surface area contributed by atoms with E-state index in [0.717, 1.165) is 0 Å². The Balaban J connectivity index is 1.90. The molecule has 1 aliphatic heterocycles. The second-order valence-corrected chi connectivity index (χ2v) is 5.89. The molecule has 2 aromatic rings. The lowest BCUT2D eigenvalue weighted by atomic mass is 10.1. The molecule has 0 aromatic heterocycles. The van der Waals surface area contributed by atoms with Crippen LogP contribution in [0.1, 0.15) is 15.9 Å². The summed E-state index contributed by atoms with van der Waals surface area (Å²) < 4.78 is 31.6. The number of ketones is 1. The molecule has 0 bridgehead atoms. The Morgan fingerprint density at radius 1 is 1.00 bits per heavy atom. The van der Waals surface area contributed by atoms with Gasteiger partial charge in [0.15, 0.2) is 23.9 Å². The molecule has 1 aliphatic rings. The van der Waals surface area contributed by atoms with E-state index in [2.05, 4.69) is 4.74 Å². The first kappa shape index (κ1) is 20.1. The van der Waals surface area contributed by atoms with Gasteiger partial charge in [-0.2, -0.15) is 0 Å². The van der Waals surface area contributed by atoms with Gasteiger partial charge in [0.1, 0.15) is 11.5 Å². The number of carbonyl (C=O) groups excluding carboxylic acids is 2. The average Bonchev–Trinajstić information content (AvgIpc) is 3.05. The summed E-state index contributed by atoms with van der Waals surface area (Å²) in [4.78, 5) is 23.9. The second-order valence-electron chi connectivity index (χ2n) is 5.89. The number of methoxy groups -OCH3 is 4. The molecule has 0 amide bonds. The second kappa shape index (κ2) is 8.55. The van der Waals surface area contributed by atoms with E-state index in [-0.39, 0.29) is 18.1 Å². The zero-order chi connectivity index (χ0) is 21.0. The van der Waals surface area contributed by atoms with Gasteiger partial charge >= 0.3 is 5.97 Å². The van der Waals surface area contributed by atoms with E-state index in [9.17, 15) is 9.59 Å². The van der Waals surface area contributed by atoms with E-state index in [1.807, 2.05) is 0 Å². The highest BCUT2D eigenvalue weighted by Crippen LogP contribution is 2.42. The number of rotatable bonds is 7. The molecular formula is C21H20O8. The van der Waals surface area contributed by atoms with Crippen molar-refractivity contribution < 1.29 is 38.0 Å². The van der Waals surface area contributed by atoms with Crippen LogP contribution in [0.15, 0.2) is 36.1 Å². The van der Waals surface area contributed by atoms with Crippen LogP contribution in [0.4, 0.5) is 0 Å². The van der Waals surface area contributed by atoms with Crippen molar-refractivity contribution >= 4 is 17.8 Å². The molecular weight excluding hydrogens is 380 g/mol. The predicted octanol–water partition coefficient (Wildman–Crippen LogP) is 2.88. The van der Waals surface area contributed by atoms with Gasteiger partial charge < -0.3 is 28.4 Å². The molecule has 0 saturated carbocycles. The number of fused-ring (bicyclic) bond motifs is 1. The van der Waals surface area contributed by atoms with Crippen molar-refractivity contribution in [3.05, 3.63) is 47.2 Å². The van der Waals surface area contributed by atoms with Crippen LogP contribution in [0.3, 0.4) is 0 Å². The van der Waals surface area contributed by atoms with Crippen molar-refractivity contribution in [1.29, 1.82) is 0 Å². The molecule has 0 spiro atoms. The molecule has 2 aromatic carbocycles. The summed E-state index contributed by atoms with van der Waals surface area (Å²) in [6.45, 7) is -0.241. The number of Topliss-reactive ketones (excluding diaryl/α,β-unsaturated/α-hetero) is 1. The Hall–Kier alpha value is -3.68. The van der Waals surface area contributed by atoms with Crippen molar-refractivity contribution in [2.75, 3.05) is 35.0 Å². The number of benzene rings is 2. The maximum Gasteiger partial charge on any atom is 0.343 e. The topological polar surface area (TPSA) is 89.5 Å². The standard InChI is InChI=1S/C21H20O8/c1-24-15-8-5-12(20(26-3)21(15)27-4)9-17-19(23)14-7-6-13(10-16(14)29-17)28-11-18(22)25-2/h5-10H,11H2,1-4H3/b17-9-. The maximum atomic E-state index is 12.7. The lowest BCUT2D eigenvalue weighted by Gasteiger charge is -2.14. The van der Waals surface area contributed by atoms with Gasteiger partial charge in [-0.15, -0.1) is 0 Å². The molecule has 0 radical (unpaired) electrons. The largest absolute Gasteiger partial charge is 0.493 e. The van der Waals surface area contributed by atoms with Crippen molar-refractivity contribution in [3.63, 3.8) is 0 Å². The third-order valence-corrected chi connectivity index (χ3v) is 4.25. The third kappa shape index (κ3) is 3.96. The van der Waals surface area contributed by atoms with Crippen molar-refractivity contribution in [2.24, 2.45) is 0 Å². The van der Waals surface area contributed by atoms with Gasteiger partial charge in [0.25, 0.3) is 0 Å². The molecule has 0 aliphatic carbocycles. The molecule has 8 heteroatoms. The van der Waals surface area contributed by atoms with E-state index in [0.29, 0.717) is 39.9 Å². The van der Waals surface area contributed by atoms with Crippen LogP contribution in [-0.2, 0) is 9.53 Å². The molecule has 0 saturated heterocycles. The lowest BCUT2D eigenvalue weighted by Crippen LogP contribution is -2.12. The summed E-state index contributed by atoms with van der Waals surface area (Å²) in [7, 11) is 5.79. The first-order chi connectivity index (χ1) is 14.0. The van der Waals surface area contributed by atoms with E-state index < -0.39 is 5.97 Å². The minimum Gasteiger partial charge on any atom is -0.493 e. The monoisotopic (exact) mass is 400 g/mol. The van der Waals surface area contributed by atoms with Gasteiger partial charge in [0.2, 0.25) is 11.5 Å². The van der Waals surface area contributed by atoms with Gasteiger partial charge in [-0.05, 0) is 30.3 Å². The van der Waals surface area contributed by atoms with Crippen LogP contribution < -0.4 is 23.7 Å². The average molecular weight is 400 g/mol. The first-order valence-corrected chi connectivity index (χ1v) is 8.59. The van der Waals surface area contributed by atoms with Crippen molar-refractivity contribution in [2.45, 2.75) is 0 Å². The Morgan fingerprint density at radius 3 is 2.41 bits per heavy atom. The molecule has 3 rings (SSSR count). The molecule has 0 fully saturated rings. The van der Waals surface area contributed by atoms with Crippen molar-refractivity contribution in [3.8, 4) is 28.7 Å². The number of hydrogen-bond acceptors (Lipinski definition) is 8. The smallest absolute Gasteiger partial charge is 0.343 e. The molecule has 0 unspecified atom stereocenters. The summed E-state index contributed by atoms with van der Waals surface area (Å²) in [5, 5.41) is 0. The number of carbonyl (C=O) groups is 2. The van der Waals surface area contributed by atoms with E-state index >= 15 is 0 Å². The highest BCUT2D eigenvalue weighted by Gasteiger charge is 2.28. The Morgan fingerprint density at radius 2 is 1.76 bits per heavy atom. The molecule has 29 heavy (non-hydrogen) atoms. The first-order valence-electron chi connectivity index (χ1n) is 8.59. The molecule has 152 valence electrons. The van der Waals surface area contributed by atoms with E-state index in [1.54, 1.807) is 36.4 Å². The van der Waals surface area contributed by atoms with Gasteiger partial charge in [0.05, 0.1) is 34.0 Å². The third-order valence-electron chi connectivity index (χ3n) is 4.25. The van der Waals surface area contributed by atoms with Gasteiger partial charge in [0, 0.05) is 11.6 Å². The summed E-state index contributed by atoms with van der Waals surface area (Å²) in [6, 6.07) is 8.15. The highest BCUT2D eigenvalue weighted by molar-refractivity contribution is 6.14. The van der Waals surface area contributed by atoms with Crippen LogP contribution >= 0.6 is 0 Å². The van der Waals surface area contributed by atoms with Gasteiger partial charge in [-0.3, -0.25) is 4.79 Å². The molecule has 0 N–H and O–H groups in total.